The highest BCUT2D eigenvalue weighted by atomic mass is 19.1. The summed E-state index contributed by atoms with van der Waals surface area (Å²) in [6, 6.07) is 8.76. The van der Waals surface area contributed by atoms with E-state index in [1.807, 2.05) is 6.07 Å². The normalized spacial score (nSPS) is 13.5. The van der Waals surface area contributed by atoms with Crippen LogP contribution in [0.1, 0.15) is 61.3 Å². The van der Waals surface area contributed by atoms with Crippen LogP contribution in [-0.2, 0) is 17.8 Å². The fourth-order valence-electron chi connectivity index (χ4n) is 3.08. The van der Waals surface area contributed by atoms with Crippen molar-refractivity contribution in [3.05, 3.63) is 58.4 Å². The van der Waals surface area contributed by atoms with Gasteiger partial charge in [0.05, 0.1) is 5.56 Å². The molecule has 0 N–H and O–H groups in total. The number of hydrogen-bond acceptors (Lipinski definition) is 3. The Kier molecular flexibility index (Phi) is 5.60. The van der Waals surface area contributed by atoms with Crippen LogP contribution in [0.15, 0.2) is 30.3 Å². The molecule has 1 aliphatic carbocycles. The maximum atomic E-state index is 14.3. The van der Waals surface area contributed by atoms with E-state index < -0.39 is 11.8 Å². The molecule has 0 amide bonds. The van der Waals surface area contributed by atoms with Gasteiger partial charge in [-0.25, -0.2) is 4.39 Å². The SMILES string of the molecule is CCC(=O)Oc1cccc(F)c1COc1cc(C)c(CC)cc1C1CC1. The third-order valence-electron chi connectivity index (χ3n) is 4.83. The van der Waals surface area contributed by atoms with Crippen LogP contribution in [0.3, 0.4) is 0 Å². The van der Waals surface area contributed by atoms with E-state index in [2.05, 4.69) is 19.9 Å². The van der Waals surface area contributed by atoms with Gasteiger partial charge in [-0.05, 0) is 67.0 Å². The van der Waals surface area contributed by atoms with E-state index in [0.29, 0.717) is 5.92 Å². The summed E-state index contributed by atoms with van der Waals surface area (Å²) >= 11 is 0. The summed E-state index contributed by atoms with van der Waals surface area (Å²) in [7, 11) is 0. The maximum absolute atomic E-state index is 14.3. The van der Waals surface area contributed by atoms with Gasteiger partial charge in [-0.3, -0.25) is 4.79 Å². The monoisotopic (exact) mass is 356 g/mol. The van der Waals surface area contributed by atoms with Gasteiger partial charge in [-0.1, -0.05) is 26.0 Å². The van der Waals surface area contributed by atoms with Gasteiger partial charge in [0.2, 0.25) is 0 Å². The first-order valence-electron chi connectivity index (χ1n) is 9.27. The Balaban J connectivity index is 1.85. The minimum atomic E-state index is -0.429. The van der Waals surface area contributed by atoms with Crippen molar-refractivity contribution in [2.45, 2.75) is 59.0 Å². The fourth-order valence-corrected chi connectivity index (χ4v) is 3.08. The second-order valence-electron chi connectivity index (χ2n) is 6.78. The number of esters is 1. The summed E-state index contributed by atoms with van der Waals surface area (Å²) in [4.78, 5) is 11.6. The highest BCUT2D eigenvalue weighted by molar-refractivity contribution is 5.72. The van der Waals surface area contributed by atoms with Crippen LogP contribution in [0.2, 0.25) is 0 Å². The number of carbonyl (C=O) groups excluding carboxylic acids is 1. The van der Waals surface area contributed by atoms with Gasteiger partial charge in [0.25, 0.3) is 0 Å². The average Bonchev–Trinajstić information content (AvgIpc) is 3.46. The second kappa shape index (κ2) is 7.90. The van der Waals surface area contributed by atoms with Crippen LogP contribution in [0, 0.1) is 12.7 Å². The van der Waals surface area contributed by atoms with Crippen LogP contribution < -0.4 is 9.47 Å². The Hall–Kier alpha value is -2.36. The molecule has 0 spiro atoms. The van der Waals surface area contributed by atoms with Gasteiger partial charge in [0.1, 0.15) is 23.9 Å². The van der Waals surface area contributed by atoms with Crippen LogP contribution in [0.4, 0.5) is 4.39 Å². The molecule has 0 saturated heterocycles. The number of carbonyl (C=O) groups is 1. The van der Waals surface area contributed by atoms with Gasteiger partial charge in [0.15, 0.2) is 0 Å². The lowest BCUT2D eigenvalue weighted by Gasteiger charge is -2.16. The number of ether oxygens (including phenoxy) is 2. The molecule has 0 heterocycles. The van der Waals surface area contributed by atoms with Gasteiger partial charge in [-0.15, -0.1) is 0 Å². The van der Waals surface area contributed by atoms with Crippen molar-refractivity contribution in [1.82, 2.24) is 0 Å². The largest absolute Gasteiger partial charge is 0.488 e. The average molecular weight is 356 g/mol. The van der Waals surface area contributed by atoms with Crippen molar-refractivity contribution < 1.29 is 18.7 Å². The van der Waals surface area contributed by atoms with Crippen molar-refractivity contribution >= 4 is 5.97 Å². The highest BCUT2D eigenvalue weighted by Crippen LogP contribution is 2.45. The number of aryl methyl sites for hydroxylation is 2. The molecule has 3 nitrogen and oxygen atoms in total. The summed E-state index contributed by atoms with van der Waals surface area (Å²) in [6.07, 6.45) is 3.56. The molecule has 0 bridgehead atoms. The van der Waals surface area contributed by atoms with E-state index in [9.17, 15) is 9.18 Å². The van der Waals surface area contributed by atoms with Crippen LogP contribution in [-0.4, -0.2) is 5.97 Å². The molecular formula is C22H25FO3. The lowest BCUT2D eigenvalue weighted by Crippen LogP contribution is -2.10. The molecule has 2 aromatic carbocycles. The van der Waals surface area contributed by atoms with Crippen LogP contribution in [0.25, 0.3) is 0 Å². The fraction of sp³-hybridized carbons (Fsp3) is 0.409. The summed E-state index contributed by atoms with van der Waals surface area (Å²) in [6.45, 7) is 5.95. The molecule has 0 radical (unpaired) electrons. The summed E-state index contributed by atoms with van der Waals surface area (Å²) < 4.78 is 25.6. The number of halogens is 1. The van der Waals surface area contributed by atoms with Crippen LogP contribution >= 0.6 is 0 Å². The molecule has 4 heteroatoms. The molecule has 0 aliphatic heterocycles. The van der Waals surface area contributed by atoms with E-state index in [1.54, 1.807) is 13.0 Å². The molecule has 1 saturated carbocycles. The van der Waals surface area contributed by atoms with Crippen molar-refractivity contribution in [3.8, 4) is 11.5 Å². The first-order valence-corrected chi connectivity index (χ1v) is 9.27. The van der Waals surface area contributed by atoms with E-state index in [4.69, 9.17) is 9.47 Å². The number of hydrogen-bond donors (Lipinski definition) is 0. The van der Waals surface area contributed by atoms with Gasteiger partial charge < -0.3 is 9.47 Å². The standard InChI is InChI=1S/C22H25FO3/c1-4-15-12-17(16-9-10-16)21(11-14(15)3)25-13-18-19(23)7-6-8-20(18)26-22(24)5-2/h6-8,11-12,16H,4-5,9-10,13H2,1-3H3. The summed E-state index contributed by atoms with van der Waals surface area (Å²) in [5, 5.41) is 0. The first-order chi connectivity index (χ1) is 12.5. The smallest absolute Gasteiger partial charge is 0.310 e. The summed E-state index contributed by atoms with van der Waals surface area (Å²) in [5.41, 5.74) is 3.98. The quantitative estimate of drug-likeness (QED) is 0.487. The second-order valence-corrected chi connectivity index (χ2v) is 6.78. The predicted molar refractivity (Wildman–Crippen MR) is 99.2 cm³/mol. The minimum absolute atomic E-state index is 0.0314. The lowest BCUT2D eigenvalue weighted by atomic mass is 9.99. The third-order valence-corrected chi connectivity index (χ3v) is 4.83. The number of benzene rings is 2. The number of rotatable bonds is 7. The molecule has 0 atom stereocenters. The Morgan fingerprint density at radius 2 is 1.96 bits per heavy atom. The lowest BCUT2D eigenvalue weighted by molar-refractivity contribution is -0.134. The molecule has 0 unspecified atom stereocenters. The molecule has 26 heavy (non-hydrogen) atoms. The van der Waals surface area contributed by atoms with E-state index in [0.717, 1.165) is 12.2 Å². The predicted octanol–water partition coefficient (Wildman–Crippen LogP) is 5.47. The molecule has 2 aromatic rings. The minimum Gasteiger partial charge on any atom is -0.488 e. The molecule has 138 valence electrons. The van der Waals surface area contributed by atoms with E-state index in [-0.39, 0.29) is 24.3 Å². The zero-order chi connectivity index (χ0) is 18.7. The summed E-state index contributed by atoms with van der Waals surface area (Å²) in [5.74, 6) is 0.749. The zero-order valence-corrected chi connectivity index (χ0v) is 15.6. The van der Waals surface area contributed by atoms with E-state index in [1.165, 1.54) is 41.7 Å². The zero-order valence-electron chi connectivity index (χ0n) is 15.6. The van der Waals surface area contributed by atoms with E-state index >= 15 is 0 Å². The first kappa shape index (κ1) is 18.4. The Bertz CT molecular complexity index is 809. The molecule has 1 aliphatic rings. The van der Waals surface area contributed by atoms with Crippen LogP contribution in [0.5, 0.6) is 11.5 Å². The van der Waals surface area contributed by atoms with Gasteiger partial charge >= 0.3 is 5.97 Å². The molecular weight excluding hydrogens is 331 g/mol. The topological polar surface area (TPSA) is 35.5 Å². The highest BCUT2D eigenvalue weighted by Gasteiger charge is 2.28. The Labute approximate surface area is 154 Å². The van der Waals surface area contributed by atoms with Crippen molar-refractivity contribution in [2.75, 3.05) is 0 Å². The third kappa shape index (κ3) is 4.06. The maximum Gasteiger partial charge on any atom is 0.310 e. The molecule has 0 aromatic heterocycles. The van der Waals surface area contributed by atoms with Gasteiger partial charge in [0, 0.05) is 6.42 Å². The van der Waals surface area contributed by atoms with Gasteiger partial charge in [-0.2, -0.15) is 0 Å². The van der Waals surface area contributed by atoms with Crippen molar-refractivity contribution in [1.29, 1.82) is 0 Å². The molecule has 1 fully saturated rings. The Morgan fingerprint density at radius 1 is 1.19 bits per heavy atom. The van der Waals surface area contributed by atoms with Crippen molar-refractivity contribution in [3.63, 3.8) is 0 Å². The Morgan fingerprint density at radius 3 is 2.62 bits per heavy atom. The molecule has 3 rings (SSSR count). The van der Waals surface area contributed by atoms with Crippen molar-refractivity contribution in [2.24, 2.45) is 0 Å².